The van der Waals surface area contributed by atoms with Crippen molar-refractivity contribution in [1.29, 1.82) is 0 Å². The summed E-state index contributed by atoms with van der Waals surface area (Å²) in [6.07, 6.45) is 1.77. The lowest BCUT2D eigenvalue weighted by Gasteiger charge is -2.06. The smallest absolute Gasteiger partial charge is 0.337 e. The minimum Gasteiger partial charge on any atom is -0.478 e. The van der Waals surface area contributed by atoms with Crippen LogP contribution >= 0.6 is 15.9 Å². The average molecular weight is 280 g/mol. The van der Waals surface area contributed by atoms with Gasteiger partial charge in [-0.3, -0.25) is 0 Å². The number of hydrogen-bond donors (Lipinski definition) is 1. The molecule has 16 heavy (non-hydrogen) atoms. The van der Waals surface area contributed by atoms with Crippen LogP contribution in [0.1, 0.15) is 16.1 Å². The molecule has 0 unspecified atom stereocenters. The number of benzene rings is 1. The molecule has 1 N–H and O–H groups in total. The number of carbonyl (C=O) groups is 1. The highest BCUT2D eigenvalue weighted by molar-refractivity contribution is 9.10. The number of rotatable bonds is 2. The molecule has 1 aromatic carbocycles. The van der Waals surface area contributed by atoms with Crippen molar-refractivity contribution in [3.63, 3.8) is 0 Å². The summed E-state index contributed by atoms with van der Waals surface area (Å²) in [4.78, 5) is 10.9. The van der Waals surface area contributed by atoms with Crippen LogP contribution in [0.2, 0.25) is 0 Å². The number of aromatic carboxylic acids is 1. The monoisotopic (exact) mass is 279 g/mol. The van der Waals surface area contributed by atoms with Gasteiger partial charge in [0, 0.05) is 22.1 Å². The van der Waals surface area contributed by atoms with Crippen molar-refractivity contribution in [1.82, 2.24) is 4.57 Å². The first-order chi connectivity index (χ1) is 7.59. The van der Waals surface area contributed by atoms with E-state index in [0.717, 1.165) is 15.9 Å². The van der Waals surface area contributed by atoms with E-state index in [0.29, 0.717) is 5.56 Å². The third-order valence-corrected chi connectivity index (χ3v) is 3.01. The van der Waals surface area contributed by atoms with Gasteiger partial charge in [0.1, 0.15) is 0 Å². The van der Waals surface area contributed by atoms with Crippen molar-refractivity contribution in [2.24, 2.45) is 0 Å². The molecule has 82 valence electrons. The van der Waals surface area contributed by atoms with Crippen molar-refractivity contribution in [2.75, 3.05) is 0 Å². The molecule has 0 amide bonds. The molecule has 4 heteroatoms. The van der Waals surface area contributed by atoms with E-state index < -0.39 is 5.97 Å². The number of hydrogen-bond acceptors (Lipinski definition) is 1. The van der Waals surface area contributed by atoms with Crippen LogP contribution in [0.25, 0.3) is 5.69 Å². The average Bonchev–Trinajstić information content (AvgIpc) is 2.61. The number of halogens is 1. The van der Waals surface area contributed by atoms with Gasteiger partial charge < -0.3 is 9.67 Å². The lowest BCUT2D eigenvalue weighted by Crippen LogP contribution is -2.00. The molecule has 0 fully saturated rings. The number of nitrogens with zero attached hydrogens (tertiary/aromatic N) is 1. The van der Waals surface area contributed by atoms with Crippen molar-refractivity contribution in [2.45, 2.75) is 6.92 Å². The van der Waals surface area contributed by atoms with E-state index in [1.807, 2.05) is 28.8 Å². The van der Waals surface area contributed by atoms with Crippen molar-refractivity contribution in [3.8, 4) is 5.69 Å². The standard InChI is InChI=1S/C12H10BrNO2/c1-8-11(12(15)16)6-7-14(8)10-4-2-9(13)3-5-10/h2-7H,1H3,(H,15,16). The Balaban J connectivity index is 2.49. The molecular formula is C12H10BrNO2. The molecule has 0 saturated heterocycles. The van der Waals surface area contributed by atoms with E-state index in [-0.39, 0.29) is 0 Å². The summed E-state index contributed by atoms with van der Waals surface area (Å²) in [5.74, 6) is -0.895. The van der Waals surface area contributed by atoms with Crippen LogP contribution in [0.4, 0.5) is 0 Å². The SMILES string of the molecule is Cc1c(C(=O)O)ccn1-c1ccc(Br)cc1. The highest BCUT2D eigenvalue weighted by Gasteiger charge is 2.11. The summed E-state index contributed by atoms with van der Waals surface area (Å²) < 4.78 is 2.86. The molecule has 0 radical (unpaired) electrons. The summed E-state index contributed by atoms with van der Waals surface area (Å²) in [6.45, 7) is 1.80. The number of carboxylic acid groups (broad SMARTS) is 1. The van der Waals surface area contributed by atoms with Gasteiger partial charge in [0.15, 0.2) is 0 Å². The molecular weight excluding hydrogens is 270 g/mol. The summed E-state index contributed by atoms with van der Waals surface area (Å²) >= 11 is 3.36. The second kappa shape index (κ2) is 4.14. The van der Waals surface area contributed by atoms with Gasteiger partial charge in [0.25, 0.3) is 0 Å². The molecule has 0 atom stereocenters. The molecule has 0 aliphatic rings. The molecule has 0 spiro atoms. The summed E-state index contributed by atoms with van der Waals surface area (Å²) in [7, 11) is 0. The second-order valence-corrected chi connectivity index (χ2v) is 4.38. The highest BCUT2D eigenvalue weighted by atomic mass is 79.9. The number of aromatic nitrogens is 1. The van der Waals surface area contributed by atoms with Crippen LogP contribution in [0, 0.1) is 6.92 Å². The maximum absolute atomic E-state index is 10.9. The van der Waals surface area contributed by atoms with E-state index in [9.17, 15) is 4.79 Å². The van der Waals surface area contributed by atoms with Crippen molar-refractivity contribution in [3.05, 3.63) is 52.3 Å². The molecule has 0 bridgehead atoms. The Morgan fingerprint density at radius 3 is 2.38 bits per heavy atom. The fourth-order valence-electron chi connectivity index (χ4n) is 1.62. The zero-order chi connectivity index (χ0) is 11.7. The Morgan fingerprint density at radius 1 is 1.25 bits per heavy atom. The predicted octanol–water partition coefficient (Wildman–Crippen LogP) is 3.25. The molecule has 1 heterocycles. The molecule has 1 aromatic heterocycles. The van der Waals surface area contributed by atoms with Gasteiger partial charge in [0.05, 0.1) is 5.56 Å². The Bertz CT molecular complexity index is 528. The molecule has 2 rings (SSSR count). The third-order valence-electron chi connectivity index (χ3n) is 2.48. The quantitative estimate of drug-likeness (QED) is 0.917. The van der Waals surface area contributed by atoms with Crippen LogP contribution in [-0.2, 0) is 0 Å². The van der Waals surface area contributed by atoms with Crippen LogP contribution < -0.4 is 0 Å². The van der Waals surface area contributed by atoms with Crippen LogP contribution in [0.15, 0.2) is 41.0 Å². The molecule has 2 aromatic rings. The minimum absolute atomic E-state index is 0.336. The normalized spacial score (nSPS) is 10.4. The Hall–Kier alpha value is -1.55. The zero-order valence-corrected chi connectivity index (χ0v) is 10.2. The minimum atomic E-state index is -0.895. The van der Waals surface area contributed by atoms with Gasteiger partial charge in [-0.1, -0.05) is 15.9 Å². The Kier molecular flexibility index (Phi) is 2.83. The highest BCUT2D eigenvalue weighted by Crippen LogP contribution is 2.18. The van der Waals surface area contributed by atoms with E-state index in [4.69, 9.17) is 5.11 Å². The lowest BCUT2D eigenvalue weighted by molar-refractivity contribution is 0.0696. The lowest BCUT2D eigenvalue weighted by atomic mass is 10.2. The van der Waals surface area contributed by atoms with Crippen LogP contribution in [-0.4, -0.2) is 15.6 Å². The fraction of sp³-hybridized carbons (Fsp3) is 0.0833. The van der Waals surface area contributed by atoms with E-state index in [2.05, 4.69) is 15.9 Å². The van der Waals surface area contributed by atoms with Gasteiger partial charge in [-0.05, 0) is 37.3 Å². The van der Waals surface area contributed by atoms with E-state index in [1.165, 1.54) is 0 Å². The zero-order valence-electron chi connectivity index (χ0n) is 8.64. The predicted molar refractivity (Wildman–Crippen MR) is 65.2 cm³/mol. The first kappa shape index (κ1) is 11.0. The van der Waals surface area contributed by atoms with E-state index >= 15 is 0 Å². The summed E-state index contributed by atoms with van der Waals surface area (Å²) in [5, 5.41) is 8.95. The Labute approximate surface area is 101 Å². The molecule has 0 saturated carbocycles. The molecule has 0 aliphatic heterocycles. The molecule has 0 aliphatic carbocycles. The van der Waals surface area contributed by atoms with Gasteiger partial charge in [-0.15, -0.1) is 0 Å². The van der Waals surface area contributed by atoms with Crippen LogP contribution in [0.3, 0.4) is 0 Å². The fourth-order valence-corrected chi connectivity index (χ4v) is 1.88. The largest absolute Gasteiger partial charge is 0.478 e. The van der Waals surface area contributed by atoms with Crippen molar-refractivity contribution >= 4 is 21.9 Å². The first-order valence-electron chi connectivity index (χ1n) is 4.77. The Morgan fingerprint density at radius 2 is 1.88 bits per heavy atom. The molecule has 3 nitrogen and oxygen atoms in total. The maximum Gasteiger partial charge on any atom is 0.337 e. The third kappa shape index (κ3) is 1.88. The summed E-state index contributed by atoms with van der Waals surface area (Å²) in [5.41, 5.74) is 2.02. The maximum atomic E-state index is 10.9. The van der Waals surface area contributed by atoms with Crippen molar-refractivity contribution < 1.29 is 9.90 Å². The van der Waals surface area contributed by atoms with Gasteiger partial charge in [0.2, 0.25) is 0 Å². The van der Waals surface area contributed by atoms with Gasteiger partial charge in [-0.2, -0.15) is 0 Å². The topological polar surface area (TPSA) is 42.2 Å². The second-order valence-electron chi connectivity index (χ2n) is 3.47. The van der Waals surface area contributed by atoms with Gasteiger partial charge >= 0.3 is 5.97 Å². The van der Waals surface area contributed by atoms with E-state index in [1.54, 1.807) is 19.2 Å². The first-order valence-corrected chi connectivity index (χ1v) is 5.56. The number of carboxylic acids is 1. The summed E-state index contributed by atoms with van der Waals surface area (Å²) in [6, 6.07) is 9.33. The van der Waals surface area contributed by atoms with Gasteiger partial charge in [-0.25, -0.2) is 4.79 Å². The van der Waals surface area contributed by atoms with Crippen LogP contribution in [0.5, 0.6) is 0 Å².